The second-order valence-electron chi connectivity index (χ2n) is 5.21. The normalized spacial score (nSPS) is 11.0. The number of anilines is 1. The van der Waals surface area contributed by atoms with Crippen molar-refractivity contribution in [2.45, 2.75) is 13.1 Å². The minimum atomic E-state index is -4.43. The van der Waals surface area contributed by atoms with E-state index in [4.69, 9.17) is 0 Å². The molecule has 2 aromatic rings. The number of benzene rings is 1. The van der Waals surface area contributed by atoms with Crippen molar-refractivity contribution < 1.29 is 22.8 Å². The lowest BCUT2D eigenvalue weighted by Crippen LogP contribution is -2.37. The molecule has 2 rings (SSSR count). The fourth-order valence-corrected chi connectivity index (χ4v) is 2.18. The summed E-state index contributed by atoms with van der Waals surface area (Å²) in [6, 6.07) is 7.51. The summed E-state index contributed by atoms with van der Waals surface area (Å²) in [5.41, 5.74) is -0.0767. The van der Waals surface area contributed by atoms with E-state index in [9.17, 15) is 22.8 Å². The number of hydrogen-bond acceptors (Lipinski definition) is 3. The molecule has 5 nitrogen and oxygen atoms in total. The van der Waals surface area contributed by atoms with Crippen LogP contribution in [-0.2, 0) is 11.0 Å². The standard InChI is InChI=1S/C17H16F3N3O2/c1-12(24)23(15-6-4-14(5-7-15)17(18,19)20)10-9-22-16(25)13-3-2-8-21-11-13/h2-8,11H,9-10H2,1H3,(H,22,25). The average Bonchev–Trinajstić information content (AvgIpc) is 2.58. The van der Waals surface area contributed by atoms with Gasteiger partial charge in [0.1, 0.15) is 0 Å². The Hall–Kier alpha value is -2.90. The predicted octanol–water partition coefficient (Wildman–Crippen LogP) is 2.88. The molecule has 0 saturated heterocycles. The highest BCUT2D eigenvalue weighted by atomic mass is 19.4. The van der Waals surface area contributed by atoms with Crippen LogP contribution in [0.25, 0.3) is 0 Å². The molecule has 132 valence electrons. The Labute approximate surface area is 142 Å². The molecule has 0 saturated carbocycles. The second kappa shape index (κ2) is 7.78. The van der Waals surface area contributed by atoms with Crippen molar-refractivity contribution in [3.05, 3.63) is 59.9 Å². The van der Waals surface area contributed by atoms with Gasteiger partial charge in [-0.05, 0) is 36.4 Å². The zero-order valence-corrected chi connectivity index (χ0v) is 13.4. The van der Waals surface area contributed by atoms with Crippen molar-refractivity contribution in [1.29, 1.82) is 0 Å². The lowest BCUT2D eigenvalue weighted by Gasteiger charge is -2.22. The lowest BCUT2D eigenvalue weighted by molar-refractivity contribution is -0.137. The summed E-state index contributed by atoms with van der Waals surface area (Å²) in [5, 5.41) is 2.64. The summed E-state index contributed by atoms with van der Waals surface area (Å²) < 4.78 is 37.8. The van der Waals surface area contributed by atoms with Gasteiger partial charge in [0, 0.05) is 38.1 Å². The zero-order chi connectivity index (χ0) is 18.4. The molecule has 0 fully saturated rings. The topological polar surface area (TPSA) is 62.3 Å². The van der Waals surface area contributed by atoms with Crippen LogP contribution in [0.3, 0.4) is 0 Å². The maximum atomic E-state index is 12.6. The smallest absolute Gasteiger partial charge is 0.350 e. The maximum absolute atomic E-state index is 12.6. The van der Waals surface area contributed by atoms with Crippen molar-refractivity contribution in [1.82, 2.24) is 10.3 Å². The molecular weight excluding hydrogens is 335 g/mol. The molecule has 0 aliphatic carbocycles. The number of pyridine rings is 1. The molecule has 0 atom stereocenters. The van der Waals surface area contributed by atoms with Crippen LogP contribution in [0.1, 0.15) is 22.8 Å². The molecule has 0 unspecified atom stereocenters. The van der Waals surface area contributed by atoms with Gasteiger partial charge in [0.2, 0.25) is 5.91 Å². The van der Waals surface area contributed by atoms with Gasteiger partial charge in [-0.3, -0.25) is 14.6 Å². The van der Waals surface area contributed by atoms with E-state index in [-0.39, 0.29) is 24.9 Å². The van der Waals surface area contributed by atoms with Crippen molar-refractivity contribution in [3.63, 3.8) is 0 Å². The summed E-state index contributed by atoms with van der Waals surface area (Å²) in [7, 11) is 0. The number of alkyl halides is 3. The molecule has 0 radical (unpaired) electrons. The average molecular weight is 351 g/mol. The monoisotopic (exact) mass is 351 g/mol. The predicted molar refractivity (Wildman–Crippen MR) is 86.0 cm³/mol. The number of nitrogens with zero attached hydrogens (tertiary/aromatic N) is 2. The number of nitrogens with one attached hydrogen (secondary N) is 1. The maximum Gasteiger partial charge on any atom is 0.416 e. The third-order valence-electron chi connectivity index (χ3n) is 3.43. The first-order valence-electron chi connectivity index (χ1n) is 7.42. The molecule has 0 aliphatic rings. The summed E-state index contributed by atoms with van der Waals surface area (Å²) in [6.07, 6.45) is -1.48. The van der Waals surface area contributed by atoms with E-state index < -0.39 is 11.7 Å². The molecule has 0 bridgehead atoms. The van der Waals surface area contributed by atoms with Gasteiger partial charge < -0.3 is 10.2 Å². The van der Waals surface area contributed by atoms with E-state index in [2.05, 4.69) is 10.3 Å². The van der Waals surface area contributed by atoms with Crippen LogP contribution in [0.15, 0.2) is 48.8 Å². The molecule has 0 aliphatic heterocycles. The van der Waals surface area contributed by atoms with Crippen LogP contribution in [0.4, 0.5) is 18.9 Å². The first-order valence-corrected chi connectivity index (χ1v) is 7.42. The number of carbonyl (C=O) groups is 2. The number of halogens is 3. The van der Waals surface area contributed by atoms with Crippen LogP contribution < -0.4 is 10.2 Å². The number of hydrogen-bond donors (Lipinski definition) is 1. The van der Waals surface area contributed by atoms with Crippen molar-refractivity contribution in [2.75, 3.05) is 18.0 Å². The Balaban J connectivity index is 1.99. The van der Waals surface area contributed by atoms with Gasteiger partial charge in [-0.2, -0.15) is 13.2 Å². The van der Waals surface area contributed by atoms with Gasteiger partial charge >= 0.3 is 6.18 Å². The highest BCUT2D eigenvalue weighted by Crippen LogP contribution is 2.30. The lowest BCUT2D eigenvalue weighted by atomic mass is 10.2. The van der Waals surface area contributed by atoms with Gasteiger partial charge in [0.15, 0.2) is 0 Å². The van der Waals surface area contributed by atoms with E-state index >= 15 is 0 Å². The Morgan fingerprint density at radius 1 is 1.16 bits per heavy atom. The molecular formula is C17H16F3N3O2. The molecule has 1 aromatic heterocycles. The minimum Gasteiger partial charge on any atom is -0.350 e. The van der Waals surface area contributed by atoms with E-state index in [1.807, 2.05) is 0 Å². The van der Waals surface area contributed by atoms with Gasteiger partial charge in [-0.25, -0.2) is 0 Å². The third-order valence-corrected chi connectivity index (χ3v) is 3.43. The van der Waals surface area contributed by atoms with Gasteiger partial charge in [0.25, 0.3) is 5.91 Å². The van der Waals surface area contributed by atoms with E-state index in [1.54, 1.807) is 18.3 Å². The second-order valence-corrected chi connectivity index (χ2v) is 5.21. The fourth-order valence-electron chi connectivity index (χ4n) is 2.18. The van der Waals surface area contributed by atoms with Crippen LogP contribution in [0.5, 0.6) is 0 Å². The Morgan fingerprint density at radius 3 is 2.36 bits per heavy atom. The minimum absolute atomic E-state index is 0.132. The van der Waals surface area contributed by atoms with E-state index in [1.165, 1.54) is 30.2 Å². The van der Waals surface area contributed by atoms with Crippen LogP contribution in [-0.4, -0.2) is 29.9 Å². The van der Waals surface area contributed by atoms with E-state index in [0.29, 0.717) is 11.3 Å². The highest BCUT2D eigenvalue weighted by molar-refractivity contribution is 5.94. The Morgan fingerprint density at radius 2 is 1.84 bits per heavy atom. The van der Waals surface area contributed by atoms with Crippen LogP contribution in [0.2, 0.25) is 0 Å². The van der Waals surface area contributed by atoms with Gasteiger partial charge in [0.05, 0.1) is 11.1 Å². The third kappa shape index (κ3) is 5.03. The quantitative estimate of drug-likeness (QED) is 0.901. The number of amides is 2. The summed E-state index contributed by atoms with van der Waals surface area (Å²) in [6.45, 7) is 1.58. The van der Waals surface area contributed by atoms with Crippen molar-refractivity contribution in [3.8, 4) is 0 Å². The molecule has 1 heterocycles. The molecule has 8 heteroatoms. The first kappa shape index (κ1) is 18.4. The Bertz CT molecular complexity index is 731. The van der Waals surface area contributed by atoms with Crippen LogP contribution >= 0.6 is 0 Å². The molecule has 2 amide bonds. The molecule has 25 heavy (non-hydrogen) atoms. The zero-order valence-electron chi connectivity index (χ0n) is 13.4. The summed E-state index contributed by atoms with van der Waals surface area (Å²) in [4.78, 5) is 28.8. The summed E-state index contributed by atoms with van der Waals surface area (Å²) in [5.74, 6) is -0.681. The molecule has 1 N–H and O–H groups in total. The summed E-state index contributed by atoms with van der Waals surface area (Å²) >= 11 is 0. The Kier molecular flexibility index (Phi) is 5.74. The number of aromatic nitrogens is 1. The fraction of sp³-hybridized carbons (Fsp3) is 0.235. The first-order chi connectivity index (χ1) is 11.8. The van der Waals surface area contributed by atoms with Crippen LogP contribution in [0, 0.1) is 0 Å². The number of carbonyl (C=O) groups excluding carboxylic acids is 2. The van der Waals surface area contributed by atoms with E-state index in [0.717, 1.165) is 12.1 Å². The van der Waals surface area contributed by atoms with Crippen molar-refractivity contribution in [2.24, 2.45) is 0 Å². The highest BCUT2D eigenvalue weighted by Gasteiger charge is 2.30. The number of rotatable bonds is 5. The molecule has 0 spiro atoms. The largest absolute Gasteiger partial charge is 0.416 e. The molecule has 1 aromatic carbocycles. The SMILES string of the molecule is CC(=O)N(CCNC(=O)c1cccnc1)c1ccc(C(F)(F)F)cc1. The van der Waals surface area contributed by atoms with Gasteiger partial charge in [-0.1, -0.05) is 0 Å². The van der Waals surface area contributed by atoms with Crippen molar-refractivity contribution >= 4 is 17.5 Å². The van der Waals surface area contributed by atoms with Gasteiger partial charge in [-0.15, -0.1) is 0 Å².